The Labute approximate surface area is 201 Å². The number of carbonyl (C=O) groups excluding carboxylic acids is 4. The van der Waals surface area contributed by atoms with E-state index in [0.29, 0.717) is 16.9 Å². The van der Waals surface area contributed by atoms with Gasteiger partial charge in [-0.3, -0.25) is 14.4 Å². The van der Waals surface area contributed by atoms with Crippen molar-refractivity contribution in [1.29, 1.82) is 0 Å². The Hall–Kier alpha value is -3.91. The van der Waals surface area contributed by atoms with Crippen molar-refractivity contribution in [3.8, 4) is 0 Å². The fourth-order valence-electron chi connectivity index (χ4n) is 3.60. The van der Waals surface area contributed by atoms with Crippen molar-refractivity contribution in [2.45, 2.75) is 23.0 Å². The van der Waals surface area contributed by atoms with Gasteiger partial charge >= 0.3 is 5.97 Å². The number of amides is 3. The number of anilines is 2. The van der Waals surface area contributed by atoms with Crippen LogP contribution in [0.15, 0.2) is 83.8 Å². The van der Waals surface area contributed by atoms with E-state index in [4.69, 9.17) is 0 Å². The summed E-state index contributed by atoms with van der Waals surface area (Å²) in [6, 6.07) is 22.8. The minimum absolute atomic E-state index is 0.0812. The van der Waals surface area contributed by atoms with E-state index in [0.717, 1.165) is 15.4 Å². The summed E-state index contributed by atoms with van der Waals surface area (Å²) in [5, 5.41) is 2.31. The summed E-state index contributed by atoms with van der Waals surface area (Å²) in [6.07, 6.45) is 0.365. The fraction of sp³-hybridized carbons (Fsp3) is 0.154. The van der Waals surface area contributed by atoms with Gasteiger partial charge in [-0.2, -0.15) is 0 Å². The molecule has 3 amide bonds. The van der Waals surface area contributed by atoms with Crippen molar-refractivity contribution in [2.75, 3.05) is 17.3 Å². The van der Waals surface area contributed by atoms with Crippen LogP contribution in [0.1, 0.15) is 22.3 Å². The molecular formula is C26H22N2O5S. The number of ether oxygens (including phenoxy) is 1. The van der Waals surface area contributed by atoms with Crippen LogP contribution in [0.25, 0.3) is 0 Å². The molecule has 1 aliphatic heterocycles. The number of nitrogens with zero attached hydrogens (tertiary/aromatic N) is 1. The zero-order valence-electron chi connectivity index (χ0n) is 18.4. The van der Waals surface area contributed by atoms with Crippen LogP contribution in [0, 0.1) is 0 Å². The number of carbonyl (C=O) groups is 4. The highest BCUT2D eigenvalue weighted by molar-refractivity contribution is 8.00. The average molecular weight is 475 g/mol. The lowest BCUT2D eigenvalue weighted by Crippen LogP contribution is -2.31. The summed E-state index contributed by atoms with van der Waals surface area (Å²) in [7, 11) is 1.29. The molecule has 4 rings (SSSR count). The Morgan fingerprint density at radius 2 is 1.65 bits per heavy atom. The molecule has 1 unspecified atom stereocenters. The zero-order valence-corrected chi connectivity index (χ0v) is 19.2. The number of nitrogens with one attached hydrogen (secondary N) is 1. The van der Waals surface area contributed by atoms with E-state index < -0.39 is 11.2 Å². The van der Waals surface area contributed by atoms with E-state index in [1.807, 2.05) is 42.5 Å². The minimum Gasteiger partial charge on any atom is -0.465 e. The van der Waals surface area contributed by atoms with Gasteiger partial charge in [0.25, 0.3) is 0 Å². The molecule has 1 fully saturated rings. The second kappa shape index (κ2) is 10.4. The van der Waals surface area contributed by atoms with Crippen molar-refractivity contribution in [3.05, 3.63) is 90.0 Å². The summed E-state index contributed by atoms with van der Waals surface area (Å²) in [5.41, 5.74) is 2.35. The molecule has 1 aliphatic rings. The highest BCUT2D eigenvalue weighted by Gasteiger charge is 2.40. The smallest absolute Gasteiger partial charge is 0.337 e. The first-order valence-electron chi connectivity index (χ1n) is 10.6. The second-order valence-electron chi connectivity index (χ2n) is 7.65. The predicted molar refractivity (Wildman–Crippen MR) is 130 cm³/mol. The van der Waals surface area contributed by atoms with Crippen molar-refractivity contribution in [3.63, 3.8) is 0 Å². The van der Waals surface area contributed by atoms with Gasteiger partial charge in [0.2, 0.25) is 17.7 Å². The molecule has 0 saturated carbocycles. The molecule has 1 N–H and O–H groups in total. The Bertz CT molecular complexity index is 1210. The number of benzene rings is 3. The van der Waals surface area contributed by atoms with Gasteiger partial charge < -0.3 is 10.1 Å². The number of hydrogen-bond donors (Lipinski definition) is 1. The molecular weight excluding hydrogens is 452 g/mol. The standard InChI is InChI=1S/C26H22N2O5S/c1-33-26(32)18-7-11-20(12-8-18)28-24(30)16-22(25(28)31)34-21-13-9-19(10-14-21)27-23(29)15-17-5-3-2-4-6-17/h2-14,22H,15-16H2,1H3,(H,27,29). The third kappa shape index (κ3) is 5.35. The van der Waals surface area contributed by atoms with Crippen LogP contribution in [0.3, 0.4) is 0 Å². The molecule has 8 heteroatoms. The van der Waals surface area contributed by atoms with E-state index in [1.165, 1.54) is 31.0 Å². The van der Waals surface area contributed by atoms with Crippen LogP contribution in [0.2, 0.25) is 0 Å². The van der Waals surface area contributed by atoms with Crippen LogP contribution in [-0.2, 0) is 25.5 Å². The van der Waals surface area contributed by atoms with Crippen LogP contribution < -0.4 is 10.2 Å². The van der Waals surface area contributed by atoms with Crippen molar-refractivity contribution in [2.24, 2.45) is 0 Å². The quantitative estimate of drug-likeness (QED) is 0.410. The summed E-state index contributed by atoms with van der Waals surface area (Å²) in [5.74, 6) is -1.20. The summed E-state index contributed by atoms with van der Waals surface area (Å²) in [6.45, 7) is 0. The first-order chi connectivity index (χ1) is 16.4. The number of esters is 1. The Morgan fingerprint density at radius 1 is 0.971 bits per heavy atom. The van der Waals surface area contributed by atoms with Gasteiger partial charge in [0.15, 0.2) is 0 Å². The second-order valence-corrected chi connectivity index (χ2v) is 8.93. The van der Waals surface area contributed by atoms with Gasteiger partial charge in [-0.25, -0.2) is 9.69 Å². The average Bonchev–Trinajstić information content (AvgIpc) is 3.13. The maximum absolute atomic E-state index is 12.9. The molecule has 7 nitrogen and oxygen atoms in total. The van der Waals surface area contributed by atoms with Crippen LogP contribution in [0.4, 0.5) is 11.4 Å². The molecule has 172 valence electrons. The topological polar surface area (TPSA) is 92.8 Å². The maximum Gasteiger partial charge on any atom is 0.337 e. The van der Waals surface area contributed by atoms with Crippen LogP contribution >= 0.6 is 11.8 Å². The van der Waals surface area contributed by atoms with Crippen molar-refractivity contribution in [1.82, 2.24) is 0 Å². The predicted octanol–water partition coefficient (Wildman–Crippen LogP) is 4.08. The van der Waals surface area contributed by atoms with E-state index >= 15 is 0 Å². The minimum atomic E-state index is -0.550. The SMILES string of the molecule is COC(=O)c1ccc(N2C(=O)CC(Sc3ccc(NC(=O)Cc4ccccc4)cc3)C2=O)cc1. The molecule has 0 radical (unpaired) electrons. The lowest BCUT2D eigenvalue weighted by atomic mass is 10.1. The van der Waals surface area contributed by atoms with Crippen molar-refractivity contribution < 1.29 is 23.9 Å². The van der Waals surface area contributed by atoms with Gasteiger partial charge in [-0.05, 0) is 54.1 Å². The Morgan fingerprint density at radius 3 is 2.29 bits per heavy atom. The lowest BCUT2D eigenvalue weighted by Gasteiger charge is -2.15. The van der Waals surface area contributed by atoms with Gasteiger partial charge in [0.1, 0.15) is 0 Å². The number of imide groups is 1. The van der Waals surface area contributed by atoms with Gasteiger partial charge in [-0.15, -0.1) is 11.8 Å². The zero-order chi connectivity index (χ0) is 24.1. The molecule has 1 atom stereocenters. The van der Waals surface area contributed by atoms with E-state index in [9.17, 15) is 19.2 Å². The van der Waals surface area contributed by atoms with Crippen LogP contribution in [-0.4, -0.2) is 36.1 Å². The lowest BCUT2D eigenvalue weighted by molar-refractivity contribution is -0.121. The number of hydrogen-bond acceptors (Lipinski definition) is 6. The van der Waals surface area contributed by atoms with Gasteiger partial charge in [-0.1, -0.05) is 30.3 Å². The Balaban J connectivity index is 1.36. The number of methoxy groups -OCH3 is 1. The summed E-state index contributed by atoms with van der Waals surface area (Å²) < 4.78 is 4.67. The first kappa shape index (κ1) is 23.3. The molecule has 1 heterocycles. The normalized spacial score (nSPS) is 15.3. The first-order valence-corrected chi connectivity index (χ1v) is 11.5. The third-order valence-electron chi connectivity index (χ3n) is 5.28. The van der Waals surface area contributed by atoms with E-state index in [-0.39, 0.29) is 30.6 Å². The largest absolute Gasteiger partial charge is 0.465 e. The highest BCUT2D eigenvalue weighted by Crippen LogP contribution is 2.34. The molecule has 3 aromatic carbocycles. The summed E-state index contributed by atoms with van der Waals surface area (Å²) in [4.78, 5) is 51.3. The fourth-order valence-corrected chi connectivity index (χ4v) is 4.65. The molecule has 34 heavy (non-hydrogen) atoms. The molecule has 0 bridgehead atoms. The van der Waals surface area contributed by atoms with Crippen LogP contribution in [0.5, 0.6) is 0 Å². The molecule has 1 saturated heterocycles. The number of rotatable bonds is 7. The van der Waals surface area contributed by atoms with Gasteiger partial charge in [0, 0.05) is 17.0 Å². The molecule has 0 spiro atoms. The molecule has 0 aliphatic carbocycles. The van der Waals surface area contributed by atoms with Crippen molar-refractivity contribution >= 4 is 46.8 Å². The van der Waals surface area contributed by atoms with Gasteiger partial charge in [0.05, 0.1) is 30.0 Å². The number of thioether (sulfide) groups is 1. The highest BCUT2D eigenvalue weighted by atomic mass is 32.2. The van der Waals surface area contributed by atoms with E-state index in [1.54, 1.807) is 24.3 Å². The van der Waals surface area contributed by atoms with E-state index in [2.05, 4.69) is 10.1 Å². The third-order valence-corrected chi connectivity index (χ3v) is 6.47. The summed E-state index contributed by atoms with van der Waals surface area (Å²) >= 11 is 1.30. The molecule has 0 aromatic heterocycles. The maximum atomic E-state index is 12.9. The molecule has 3 aromatic rings. The Kier molecular flexibility index (Phi) is 7.08. The monoisotopic (exact) mass is 474 g/mol.